The molecule has 0 unspecified atom stereocenters. The van der Waals surface area contributed by atoms with Gasteiger partial charge in [0.05, 0.1) is 29.7 Å². The van der Waals surface area contributed by atoms with Gasteiger partial charge < -0.3 is 0 Å². The van der Waals surface area contributed by atoms with Gasteiger partial charge in [-0.2, -0.15) is 18.3 Å². The molecule has 0 spiro atoms. The van der Waals surface area contributed by atoms with E-state index in [1.807, 2.05) is 0 Å². The summed E-state index contributed by atoms with van der Waals surface area (Å²) in [6.45, 7) is -0.408. The molecule has 0 aliphatic heterocycles. The summed E-state index contributed by atoms with van der Waals surface area (Å²) in [5.41, 5.74) is 0.863. The number of aromatic nitrogens is 4. The number of nitrogens with zero attached hydrogens (tertiary/aromatic N) is 4. The van der Waals surface area contributed by atoms with Crippen LogP contribution in [0.2, 0.25) is 0 Å². The van der Waals surface area contributed by atoms with Gasteiger partial charge in [0, 0.05) is 41.3 Å². The van der Waals surface area contributed by atoms with Crippen LogP contribution in [0.3, 0.4) is 0 Å². The lowest BCUT2D eigenvalue weighted by Gasteiger charge is -2.09. The van der Waals surface area contributed by atoms with Crippen LogP contribution in [-0.2, 0) is 35.5 Å². The molecule has 1 N–H and O–H groups in total. The number of nitrogens with one attached hydrogen (secondary N) is 1. The SMILES string of the molecule is Cn1cc(-c2cnc3ccc4ccc(CS(=O)(=O)NCc5cccc(C(F)(F)F)n5)cc4c(=O)c3c2)cn1. The Balaban J connectivity index is 1.45. The van der Waals surface area contributed by atoms with E-state index < -0.39 is 34.2 Å². The highest BCUT2D eigenvalue weighted by atomic mass is 32.2. The van der Waals surface area contributed by atoms with Crippen LogP contribution in [0.15, 0.2) is 78.0 Å². The Hall–Kier alpha value is -4.16. The molecule has 3 heterocycles. The predicted molar refractivity (Wildman–Crippen MR) is 136 cm³/mol. The third kappa shape index (κ3) is 5.41. The molecule has 0 fully saturated rings. The van der Waals surface area contributed by atoms with Crippen molar-refractivity contribution >= 4 is 31.7 Å². The average Bonchev–Trinajstić information content (AvgIpc) is 3.26. The van der Waals surface area contributed by atoms with Crippen molar-refractivity contribution in [2.45, 2.75) is 18.5 Å². The predicted octanol–water partition coefficient (Wildman–Crippen LogP) is 4.18. The lowest BCUT2D eigenvalue weighted by atomic mass is 10.1. The Kier molecular flexibility index (Phi) is 6.45. The van der Waals surface area contributed by atoms with Crippen molar-refractivity contribution in [3.63, 3.8) is 0 Å². The van der Waals surface area contributed by atoms with E-state index in [9.17, 15) is 26.4 Å². The molecular formula is C26H20F3N5O3S. The van der Waals surface area contributed by atoms with Crippen molar-refractivity contribution in [1.82, 2.24) is 24.5 Å². The van der Waals surface area contributed by atoms with Crippen LogP contribution in [0.1, 0.15) is 17.0 Å². The van der Waals surface area contributed by atoms with Crippen molar-refractivity contribution in [2.24, 2.45) is 7.05 Å². The summed E-state index contributed by atoms with van der Waals surface area (Å²) >= 11 is 0. The van der Waals surface area contributed by atoms with Gasteiger partial charge in [-0.1, -0.05) is 24.3 Å². The van der Waals surface area contributed by atoms with Crippen molar-refractivity contribution in [3.8, 4) is 11.1 Å². The summed E-state index contributed by atoms with van der Waals surface area (Å²) in [7, 11) is -2.17. The van der Waals surface area contributed by atoms with Crippen LogP contribution in [0.25, 0.3) is 32.8 Å². The summed E-state index contributed by atoms with van der Waals surface area (Å²) in [5.74, 6) is -0.475. The van der Waals surface area contributed by atoms with Gasteiger partial charge in [0.25, 0.3) is 0 Å². The number of fused-ring (bicyclic) bond motifs is 2. The highest BCUT2D eigenvalue weighted by Gasteiger charge is 2.32. The molecule has 12 heteroatoms. The zero-order valence-corrected chi connectivity index (χ0v) is 20.7. The largest absolute Gasteiger partial charge is 0.433 e. The molecule has 0 saturated heterocycles. The molecule has 2 aromatic carbocycles. The maximum Gasteiger partial charge on any atom is 0.433 e. The molecule has 8 nitrogen and oxygen atoms in total. The fraction of sp³-hybridized carbons (Fsp3) is 0.154. The number of alkyl halides is 3. The summed E-state index contributed by atoms with van der Waals surface area (Å²) in [6, 6.07) is 13.2. The van der Waals surface area contributed by atoms with E-state index in [1.54, 1.807) is 60.7 Å². The van der Waals surface area contributed by atoms with Crippen LogP contribution in [0.4, 0.5) is 13.2 Å². The van der Waals surface area contributed by atoms with Crippen LogP contribution in [0, 0.1) is 0 Å². The van der Waals surface area contributed by atoms with Crippen LogP contribution >= 0.6 is 0 Å². The van der Waals surface area contributed by atoms with E-state index in [1.165, 1.54) is 12.1 Å². The van der Waals surface area contributed by atoms with Gasteiger partial charge in [0.15, 0.2) is 5.43 Å². The first-order valence-corrected chi connectivity index (χ1v) is 13.0. The van der Waals surface area contributed by atoms with Crippen molar-refractivity contribution in [2.75, 3.05) is 0 Å². The third-order valence-corrected chi connectivity index (χ3v) is 7.21. The average molecular weight is 540 g/mol. The number of halogens is 3. The van der Waals surface area contributed by atoms with Gasteiger partial charge in [-0.3, -0.25) is 14.5 Å². The second kappa shape index (κ2) is 9.62. The number of pyridine rings is 2. The molecule has 0 bridgehead atoms. The van der Waals surface area contributed by atoms with Gasteiger partial charge in [-0.25, -0.2) is 18.1 Å². The second-order valence-electron chi connectivity index (χ2n) is 8.74. The van der Waals surface area contributed by atoms with Crippen LogP contribution < -0.4 is 10.2 Å². The standard InChI is InChI=1S/C26H20F3N5O3S/c1-34-14-19(12-31-34)18-10-22-23(30-11-18)8-7-17-6-5-16(9-21(17)25(22)35)15-38(36,37)32-13-20-3-2-4-24(33-20)26(27,28)29/h2-12,14,32H,13,15H2,1H3. The van der Waals surface area contributed by atoms with E-state index in [-0.39, 0.29) is 11.1 Å². The third-order valence-electron chi connectivity index (χ3n) is 5.91. The van der Waals surface area contributed by atoms with E-state index in [0.717, 1.165) is 17.7 Å². The van der Waals surface area contributed by atoms with Gasteiger partial charge in [-0.15, -0.1) is 0 Å². The summed E-state index contributed by atoms with van der Waals surface area (Å²) in [6.07, 6.45) is 0.495. The minimum Gasteiger partial charge on any atom is -0.289 e. The first-order valence-electron chi connectivity index (χ1n) is 11.3. The number of sulfonamides is 1. The second-order valence-corrected chi connectivity index (χ2v) is 10.5. The van der Waals surface area contributed by atoms with Gasteiger partial charge in [-0.05, 0) is 41.3 Å². The van der Waals surface area contributed by atoms with Crippen LogP contribution in [0.5, 0.6) is 0 Å². The molecule has 0 saturated carbocycles. The Morgan fingerprint density at radius 2 is 1.76 bits per heavy atom. The summed E-state index contributed by atoms with van der Waals surface area (Å²) < 4.78 is 68.0. The number of benzene rings is 1. The number of aryl methyl sites for hydroxylation is 1. The first kappa shape index (κ1) is 25.5. The van der Waals surface area contributed by atoms with Crippen molar-refractivity contribution in [1.29, 1.82) is 0 Å². The Bertz CT molecular complexity index is 1850. The number of hydrogen-bond donors (Lipinski definition) is 1. The zero-order chi connectivity index (χ0) is 27.1. The van der Waals surface area contributed by atoms with E-state index in [2.05, 4.69) is 19.8 Å². The van der Waals surface area contributed by atoms with E-state index in [0.29, 0.717) is 32.8 Å². The lowest BCUT2D eigenvalue weighted by Crippen LogP contribution is -2.25. The highest BCUT2D eigenvalue weighted by Crippen LogP contribution is 2.27. The summed E-state index contributed by atoms with van der Waals surface area (Å²) in [4.78, 5) is 21.4. The normalized spacial score (nSPS) is 12.3. The number of hydrogen-bond acceptors (Lipinski definition) is 6. The summed E-state index contributed by atoms with van der Waals surface area (Å²) in [5, 5.41) is 5.44. The molecule has 0 radical (unpaired) electrons. The molecule has 0 aliphatic rings. The topological polar surface area (TPSA) is 107 Å². The molecule has 5 aromatic rings. The number of rotatable bonds is 6. The lowest BCUT2D eigenvalue weighted by molar-refractivity contribution is -0.141. The molecule has 194 valence electrons. The minimum atomic E-state index is -4.63. The first-order chi connectivity index (χ1) is 18.0. The van der Waals surface area contributed by atoms with Crippen LogP contribution in [-0.4, -0.2) is 28.2 Å². The smallest absolute Gasteiger partial charge is 0.289 e. The Morgan fingerprint density at radius 1 is 0.974 bits per heavy atom. The molecule has 5 rings (SSSR count). The molecule has 0 aliphatic carbocycles. The molecule has 38 heavy (non-hydrogen) atoms. The van der Waals surface area contributed by atoms with Gasteiger partial charge in [0.1, 0.15) is 5.69 Å². The minimum absolute atomic E-state index is 0.0702. The molecular weight excluding hydrogens is 519 g/mol. The fourth-order valence-electron chi connectivity index (χ4n) is 4.06. The maximum absolute atomic E-state index is 13.5. The fourth-order valence-corrected chi connectivity index (χ4v) is 5.15. The van der Waals surface area contributed by atoms with Gasteiger partial charge >= 0.3 is 6.18 Å². The quantitative estimate of drug-likeness (QED) is 0.347. The Labute approximate surface area is 214 Å². The molecule has 0 atom stereocenters. The zero-order valence-electron chi connectivity index (χ0n) is 19.9. The van der Waals surface area contributed by atoms with Gasteiger partial charge in [0.2, 0.25) is 10.0 Å². The Morgan fingerprint density at radius 3 is 2.50 bits per heavy atom. The van der Waals surface area contributed by atoms with Crippen molar-refractivity contribution in [3.05, 3.63) is 100 Å². The van der Waals surface area contributed by atoms with E-state index >= 15 is 0 Å². The maximum atomic E-state index is 13.5. The highest BCUT2D eigenvalue weighted by molar-refractivity contribution is 7.88. The molecule has 0 amide bonds. The van der Waals surface area contributed by atoms with Crippen molar-refractivity contribution < 1.29 is 21.6 Å². The monoisotopic (exact) mass is 539 g/mol. The molecule has 3 aromatic heterocycles. The van der Waals surface area contributed by atoms with E-state index in [4.69, 9.17) is 0 Å².